The monoisotopic (exact) mass is 279 g/mol. The molecule has 20 heavy (non-hydrogen) atoms. The summed E-state index contributed by atoms with van der Waals surface area (Å²) >= 11 is 0. The van der Waals surface area contributed by atoms with E-state index in [1.807, 2.05) is 13.0 Å². The summed E-state index contributed by atoms with van der Waals surface area (Å²) in [7, 11) is 1.68. The number of urea groups is 1. The summed E-state index contributed by atoms with van der Waals surface area (Å²) in [5.41, 5.74) is 0.726. The van der Waals surface area contributed by atoms with Gasteiger partial charge in [0.1, 0.15) is 0 Å². The highest BCUT2D eigenvalue weighted by atomic mass is 16.4. The molecule has 0 aliphatic carbocycles. The van der Waals surface area contributed by atoms with Crippen molar-refractivity contribution >= 4 is 17.7 Å². The second-order valence-corrected chi connectivity index (χ2v) is 4.83. The van der Waals surface area contributed by atoms with E-state index in [0.717, 1.165) is 12.1 Å². The Morgan fingerprint density at radius 1 is 1.45 bits per heavy atom. The number of carboxylic acids is 1. The maximum Gasteiger partial charge on any atom is 0.321 e. The molecule has 0 saturated heterocycles. The molecular formula is C14H21N3O3. The van der Waals surface area contributed by atoms with E-state index in [9.17, 15) is 9.59 Å². The Morgan fingerprint density at radius 3 is 2.80 bits per heavy atom. The van der Waals surface area contributed by atoms with Crippen molar-refractivity contribution in [3.63, 3.8) is 0 Å². The summed E-state index contributed by atoms with van der Waals surface area (Å²) in [4.78, 5) is 27.8. The van der Waals surface area contributed by atoms with E-state index < -0.39 is 5.97 Å². The fraction of sp³-hybridized carbons (Fsp3) is 0.500. The van der Waals surface area contributed by atoms with Crippen LogP contribution in [0.1, 0.15) is 26.2 Å². The lowest BCUT2D eigenvalue weighted by atomic mass is 10.0. The summed E-state index contributed by atoms with van der Waals surface area (Å²) in [5.74, 6) is -0.507. The molecule has 1 rings (SSSR count). The second kappa shape index (κ2) is 8.14. The van der Waals surface area contributed by atoms with Gasteiger partial charge in [-0.25, -0.2) is 4.79 Å². The first-order valence-electron chi connectivity index (χ1n) is 6.64. The Morgan fingerprint density at radius 2 is 2.20 bits per heavy atom. The summed E-state index contributed by atoms with van der Waals surface area (Å²) in [6.07, 6.45) is 4.84. The number of hydrogen-bond acceptors (Lipinski definition) is 3. The third-order valence-electron chi connectivity index (χ3n) is 3.10. The van der Waals surface area contributed by atoms with E-state index >= 15 is 0 Å². The molecule has 6 nitrogen and oxygen atoms in total. The third-order valence-corrected chi connectivity index (χ3v) is 3.10. The van der Waals surface area contributed by atoms with Crippen molar-refractivity contribution in [2.45, 2.75) is 26.2 Å². The maximum absolute atomic E-state index is 11.9. The summed E-state index contributed by atoms with van der Waals surface area (Å²) in [6.45, 7) is 2.52. The molecule has 2 N–H and O–H groups in total. The molecule has 110 valence electrons. The van der Waals surface area contributed by atoms with Crippen molar-refractivity contribution in [2.75, 3.05) is 18.5 Å². The standard InChI is InChI=1S/C14H21N3O3/c1-11(5-6-13(18)19)7-9-16-14(20)17(2)12-4-3-8-15-10-12/h3-4,8,10-11H,5-7,9H2,1-2H3,(H,16,20)(H,18,19). The van der Waals surface area contributed by atoms with Crippen LogP contribution in [0.4, 0.5) is 10.5 Å². The van der Waals surface area contributed by atoms with Gasteiger partial charge < -0.3 is 10.4 Å². The van der Waals surface area contributed by atoms with Crippen LogP contribution in [0, 0.1) is 5.92 Å². The first-order chi connectivity index (χ1) is 9.50. The SMILES string of the molecule is CC(CCNC(=O)N(C)c1cccnc1)CCC(=O)O. The van der Waals surface area contributed by atoms with Crippen LogP contribution in [0.2, 0.25) is 0 Å². The summed E-state index contributed by atoms with van der Waals surface area (Å²) in [5, 5.41) is 11.4. The van der Waals surface area contributed by atoms with Gasteiger partial charge in [-0.3, -0.25) is 14.7 Å². The Kier molecular flexibility index (Phi) is 6.49. The second-order valence-electron chi connectivity index (χ2n) is 4.83. The highest BCUT2D eigenvalue weighted by molar-refractivity contribution is 5.91. The molecule has 0 fully saturated rings. The number of carbonyl (C=O) groups is 2. The molecule has 1 atom stereocenters. The molecule has 0 aliphatic rings. The van der Waals surface area contributed by atoms with Gasteiger partial charge in [0.2, 0.25) is 0 Å². The zero-order valence-corrected chi connectivity index (χ0v) is 11.9. The quantitative estimate of drug-likeness (QED) is 0.801. The van der Waals surface area contributed by atoms with Gasteiger partial charge in [0.25, 0.3) is 0 Å². The number of aliphatic carboxylic acids is 1. The first-order valence-corrected chi connectivity index (χ1v) is 6.64. The van der Waals surface area contributed by atoms with Crippen LogP contribution in [0.5, 0.6) is 0 Å². The minimum absolute atomic E-state index is 0.171. The fourth-order valence-corrected chi connectivity index (χ4v) is 1.73. The van der Waals surface area contributed by atoms with Gasteiger partial charge in [0.15, 0.2) is 0 Å². The van der Waals surface area contributed by atoms with Gasteiger partial charge in [-0.1, -0.05) is 6.92 Å². The number of pyridine rings is 1. The van der Waals surface area contributed by atoms with Crippen molar-refractivity contribution in [1.29, 1.82) is 0 Å². The van der Waals surface area contributed by atoms with Crippen molar-refractivity contribution in [3.8, 4) is 0 Å². The number of carboxylic acid groups (broad SMARTS) is 1. The lowest BCUT2D eigenvalue weighted by Crippen LogP contribution is -2.38. The number of rotatable bonds is 7. The van der Waals surface area contributed by atoms with E-state index in [1.165, 1.54) is 4.90 Å². The van der Waals surface area contributed by atoms with Crippen molar-refractivity contribution in [2.24, 2.45) is 5.92 Å². The van der Waals surface area contributed by atoms with Crippen molar-refractivity contribution in [1.82, 2.24) is 10.3 Å². The smallest absolute Gasteiger partial charge is 0.321 e. The normalized spacial score (nSPS) is 11.7. The van der Waals surface area contributed by atoms with E-state index in [0.29, 0.717) is 13.0 Å². The van der Waals surface area contributed by atoms with Crippen molar-refractivity contribution in [3.05, 3.63) is 24.5 Å². The van der Waals surface area contributed by atoms with Gasteiger partial charge in [0, 0.05) is 26.2 Å². The number of aromatic nitrogens is 1. The van der Waals surface area contributed by atoms with Crippen LogP contribution in [0.15, 0.2) is 24.5 Å². The zero-order valence-electron chi connectivity index (χ0n) is 11.9. The molecule has 1 heterocycles. The number of hydrogen-bond donors (Lipinski definition) is 2. The predicted molar refractivity (Wildman–Crippen MR) is 76.7 cm³/mol. The molecule has 0 aromatic carbocycles. The lowest BCUT2D eigenvalue weighted by Gasteiger charge is -2.18. The van der Waals surface area contributed by atoms with Crippen LogP contribution >= 0.6 is 0 Å². The molecule has 0 radical (unpaired) electrons. The highest BCUT2D eigenvalue weighted by Crippen LogP contribution is 2.11. The van der Waals surface area contributed by atoms with Gasteiger partial charge >= 0.3 is 12.0 Å². The maximum atomic E-state index is 11.9. The summed E-state index contributed by atoms with van der Waals surface area (Å²) < 4.78 is 0. The van der Waals surface area contributed by atoms with Gasteiger partial charge in [-0.2, -0.15) is 0 Å². The molecule has 0 aliphatic heterocycles. The number of nitrogens with zero attached hydrogens (tertiary/aromatic N) is 2. The molecular weight excluding hydrogens is 258 g/mol. The number of amides is 2. The molecule has 0 bridgehead atoms. The molecule has 1 unspecified atom stereocenters. The fourth-order valence-electron chi connectivity index (χ4n) is 1.73. The van der Waals surface area contributed by atoms with E-state index in [-0.39, 0.29) is 18.4 Å². The van der Waals surface area contributed by atoms with E-state index in [4.69, 9.17) is 5.11 Å². The van der Waals surface area contributed by atoms with Crippen LogP contribution in [0.3, 0.4) is 0 Å². The third kappa shape index (κ3) is 5.69. The average molecular weight is 279 g/mol. The zero-order chi connectivity index (χ0) is 15.0. The minimum atomic E-state index is -0.780. The van der Waals surface area contributed by atoms with E-state index in [1.54, 1.807) is 25.5 Å². The topological polar surface area (TPSA) is 82.5 Å². The lowest BCUT2D eigenvalue weighted by molar-refractivity contribution is -0.137. The van der Waals surface area contributed by atoms with Crippen LogP contribution < -0.4 is 10.2 Å². The molecule has 6 heteroatoms. The molecule has 0 spiro atoms. The van der Waals surface area contributed by atoms with Gasteiger partial charge in [-0.15, -0.1) is 0 Å². The Bertz CT molecular complexity index is 437. The van der Waals surface area contributed by atoms with Crippen LogP contribution in [-0.4, -0.2) is 35.7 Å². The molecule has 1 aromatic rings. The number of carbonyl (C=O) groups excluding carboxylic acids is 1. The molecule has 0 saturated carbocycles. The number of nitrogens with one attached hydrogen (secondary N) is 1. The average Bonchev–Trinajstić information content (AvgIpc) is 2.45. The Hall–Kier alpha value is -2.11. The predicted octanol–water partition coefficient (Wildman–Crippen LogP) is 2.12. The van der Waals surface area contributed by atoms with E-state index in [2.05, 4.69) is 10.3 Å². The largest absolute Gasteiger partial charge is 0.481 e. The highest BCUT2D eigenvalue weighted by Gasteiger charge is 2.11. The van der Waals surface area contributed by atoms with Crippen LogP contribution in [-0.2, 0) is 4.79 Å². The Balaban J connectivity index is 2.28. The number of anilines is 1. The summed E-state index contributed by atoms with van der Waals surface area (Å²) in [6, 6.07) is 3.39. The molecule has 2 amide bonds. The van der Waals surface area contributed by atoms with Crippen LogP contribution in [0.25, 0.3) is 0 Å². The van der Waals surface area contributed by atoms with Gasteiger partial charge in [-0.05, 0) is 30.9 Å². The van der Waals surface area contributed by atoms with Gasteiger partial charge in [0.05, 0.1) is 11.9 Å². The van der Waals surface area contributed by atoms with Crippen molar-refractivity contribution < 1.29 is 14.7 Å². The Labute approximate surface area is 118 Å². The minimum Gasteiger partial charge on any atom is -0.481 e. The molecule has 1 aromatic heterocycles. The first kappa shape index (κ1) is 15.9.